The highest BCUT2D eigenvalue weighted by molar-refractivity contribution is 6.19. The van der Waals surface area contributed by atoms with Crippen molar-refractivity contribution in [2.24, 2.45) is 0 Å². The van der Waals surface area contributed by atoms with Gasteiger partial charge in [-0.1, -0.05) is 200 Å². The number of hydrogen-bond acceptors (Lipinski definition) is 1. The molecule has 312 valence electrons. The average molecular weight is 851 g/mol. The van der Waals surface area contributed by atoms with E-state index in [4.69, 9.17) is 0 Å². The quantitative estimate of drug-likeness (QED) is 0.162. The highest BCUT2D eigenvalue weighted by atomic mass is 15.1. The zero-order valence-electron chi connectivity index (χ0n) is 36.6. The number of fused-ring (bicyclic) bond motifs is 15. The third kappa shape index (κ3) is 5.51. The van der Waals surface area contributed by atoms with Crippen molar-refractivity contribution in [3.8, 4) is 50.2 Å². The first-order chi connectivity index (χ1) is 33.2. The highest BCUT2D eigenvalue weighted by Crippen LogP contribution is 2.63. The molecular weight excluding hydrogens is 809 g/mol. The first-order valence-electron chi connectivity index (χ1n) is 23.3. The summed E-state index contributed by atoms with van der Waals surface area (Å²) in [4.78, 5) is 2.42. The van der Waals surface area contributed by atoms with Crippen molar-refractivity contribution in [2.45, 2.75) is 5.41 Å². The molecule has 0 amide bonds. The predicted octanol–water partition coefficient (Wildman–Crippen LogP) is 17.1. The van der Waals surface area contributed by atoms with E-state index in [-0.39, 0.29) is 5.41 Å². The molecule has 1 heterocycles. The average Bonchev–Trinajstić information content (AvgIpc) is 4.01. The van der Waals surface area contributed by atoms with Crippen molar-refractivity contribution in [1.29, 1.82) is 0 Å². The van der Waals surface area contributed by atoms with Gasteiger partial charge in [-0.25, -0.2) is 0 Å². The lowest BCUT2D eigenvalue weighted by Gasteiger charge is -2.31. The van der Waals surface area contributed by atoms with Crippen molar-refractivity contribution < 1.29 is 0 Å². The molecule has 0 radical (unpaired) electrons. The highest BCUT2D eigenvalue weighted by Gasteiger charge is 2.51. The maximum absolute atomic E-state index is 2.45. The second-order valence-corrected chi connectivity index (χ2v) is 18.0. The Morgan fingerprint density at radius 2 is 0.776 bits per heavy atom. The summed E-state index contributed by atoms with van der Waals surface area (Å²) < 4.78 is 2.45. The Morgan fingerprint density at radius 3 is 1.43 bits per heavy atom. The third-order valence-electron chi connectivity index (χ3n) is 14.6. The number of benzene rings is 11. The maximum Gasteiger partial charge on any atom is 0.0725 e. The Kier molecular flexibility index (Phi) is 8.23. The van der Waals surface area contributed by atoms with Gasteiger partial charge < -0.3 is 9.47 Å². The molecule has 0 fully saturated rings. The van der Waals surface area contributed by atoms with Gasteiger partial charge in [-0.3, -0.25) is 0 Å². The summed E-state index contributed by atoms with van der Waals surface area (Å²) in [5.41, 5.74) is 21.9. The summed E-state index contributed by atoms with van der Waals surface area (Å²) in [7, 11) is 0. The summed E-state index contributed by atoms with van der Waals surface area (Å²) in [6.07, 6.45) is 0. The summed E-state index contributed by atoms with van der Waals surface area (Å²) in [5, 5.41) is 5.01. The molecule has 11 aromatic carbocycles. The predicted molar refractivity (Wildman–Crippen MR) is 280 cm³/mol. The Morgan fingerprint density at radius 1 is 0.299 bits per heavy atom. The van der Waals surface area contributed by atoms with E-state index in [2.05, 4.69) is 264 Å². The van der Waals surface area contributed by atoms with E-state index in [9.17, 15) is 0 Å². The minimum absolute atomic E-state index is 0.387. The largest absolute Gasteiger partial charge is 0.310 e. The van der Waals surface area contributed by atoms with Gasteiger partial charge in [0.1, 0.15) is 0 Å². The van der Waals surface area contributed by atoms with E-state index in [0.717, 1.165) is 22.7 Å². The van der Waals surface area contributed by atoms with Gasteiger partial charge in [0.2, 0.25) is 0 Å². The van der Waals surface area contributed by atoms with E-state index in [1.807, 2.05) is 0 Å². The summed E-state index contributed by atoms with van der Waals surface area (Å²) in [6, 6.07) is 94.2. The lowest BCUT2D eigenvalue weighted by atomic mass is 9.70. The van der Waals surface area contributed by atoms with Crippen LogP contribution in [0.25, 0.3) is 82.8 Å². The lowest BCUT2D eigenvalue weighted by molar-refractivity contribution is 0.794. The molecule has 1 aromatic heterocycles. The normalized spacial score (nSPS) is 12.9. The standard InChI is InChI=1S/C65H42N2/c1-3-15-43(16-4-1)44-27-33-49(34-28-44)66(51-37-40-62-58(42-51)55-23-11-14-26-61(55)65(62)59-24-12-9-21-53(59)54-22-10-13-25-60(54)65)50-35-29-45(30-36-50)47-32-38-56-57-39-31-46-17-7-8-20-52(46)64(57)67(63(56)41-47)48-18-5-2-6-19-48/h1-42H. The van der Waals surface area contributed by atoms with Crippen LogP contribution < -0.4 is 4.90 Å². The van der Waals surface area contributed by atoms with E-state index in [1.54, 1.807) is 0 Å². The molecule has 2 heteroatoms. The van der Waals surface area contributed by atoms with Crippen molar-refractivity contribution in [2.75, 3.05) is 4.90 Å². The summed E-state index contributed by atoms with van der Waals surface area (Å²) in [5.74, 6) is 0. The third-order valence-corrected chi connectivity index (χ3v) is 14.6. The number of aromatic nitrogens is 1. The Labute approximate surface area is 389 Å². The molecule has 0 aliphatic heterocycles. The second-order valence-electron chi connectivity index (χ2n) is 18.0. The van der Waals surface area contributed by atoms with Gasteiger partial charge in [-0.2, -0.15) is 0 Å². The fourth-order valence-corrected chi connectivity index (χ4v) is 11.7. The van der Waals surface area contributed by atoms with Crippen molar-refractivity contribution in [3.63, 3.8) is 0 Å². The maximum atomic E-state index is 2.45. The van der Waals surface area contributed by atoms with Gasteiger partial charge in [0.15, 0.2) is 0 Å². The molecule has 14 rings (SSSR count). The van der Waals surface area contributed by atoms with Crippen LogP contribution >= 0.6 is 0 Å². The topological polar surface area (TPSA) is 8.17 Å². The van der Waals surface area contributed by atoms with Crippen molar-refractivity contribution in [3.05, 3.63) is 277 Å². The summed E-state index contributed by atoms with van der Waals surface area (Å²) >= 11 is 0. The number of nitrogens with zero attached hydrogens (tertiary/aromatic N) is 2. The Bertz CT molecular complexity index is 3850. The molecule has 0 atom stereocenters. The first-order valence-corrected chi connectivity index (χ1v) is 23.3. The van der Waals surface area contributed by atoms with E-state index in [1.165, 1.54) is 99.3 Å². The van der Waals surface area contributed by atoms with Crippen LogP contribution in [0.4, 0.5) is 17.1 Å². The van der Waals surface area contributed by atoms with E-state index < -0.39 is 0 Å². The van der Waals surface area contributed by atoms with E-state index >= 15 is 0 Å². The molecule has 0 saturated heterocycles. The van der Waals surface area contributed by atoms with Crippen LogP contribution in [0.2, 0.25) is 0 Å². The molecule has 67 heavy (non-hydrogen) atoms. The molecule has 0 saturated carbocycles. The monoisotopic (exact) mass is 850 g/mol. The molecule has 0 bridgehead atoms. The number of rotatable bonds is 6. The summed E-state index contributed by atoms with van der Waals surface area (Å²) in [6.45, 7) is 0. The zero-order valence-corrected chi connectivity index (χ0v) is 36.6. The fourth-order valence-electron chi connectivity index (χ4n) is 11.7. The second kappa shape index (κ2) is 14.7. The molecule has 0 N–H and O–H groups in total. The van der Waals surface area contributed by atoms with Crippen LogP contribution in [0.3, 0.4) is 0 Å². The molecule has 2 aliphatic rings. The van der Waals surface area contributed by atoms with Crippen LogP contribution in [0.1, 0.15) is 22.3 Å². The van der Waals surface area contributed by atoms with E-state index in [0.29, 0.717) is 0 Å². The van der Waals surface area contributed by atoms with Gasteiger partial charge in [-0.05, 0) is 127 Å². The first kappa shape index (κ1) is 37.6. The van der Waals surface area contributed by atoms with Gasteiger partial charge in [0.25, 0.3) is 0 Å². The van der Waals surface area contributed by atoms with Crippen molar-refractivity contribution >= 4 is 49.6 Å². The van der Waals surface area contributed by atoms with Gasteiger partial charge in [0.05, 0.1) is 16.4 Å². The molecular formula is C65H42N2. The van der Waals surface area contributed by atoms with Gasteiger partial charge >= 0.3 is 0 Å². The Balaban J connectivity index is 0.923. The molecule has 12 aromatic rings. The van der Waals surface area contributed by atoms with Crippen LogP contribution in [-0.2, 0) is 5.41 Å². The molecule has 0 unspecified atom stereocenters. The lowest BCUT2D eigenvalue weighted by Crippen LogP contribution is -2.25. The van der Waals surface area contributed by atoms with Gasteiger partial charge in [-0.15, -0.1) is 0 Å². The van der Waals surface area contributed by atoms with Gasteiger partial charge in [0, 0.05) is 38.9 Å². The minimum atomic E-state index is -0.387. The van der Waals surface area contributed by atoms with Crippen LogP contribution in [0, 0.1) is 0 Å². The van der Waals surface area contributed by atoms with Crippen LogP contribution in [-0.4, -0.2) is 4.57 Å². The number of hydrogen-bond donors (Lipinski definition) is 0. The smallest absolute Gasteiger partial charge is 0.0725 e. The molecule has 2 aliphatic carbocycles. The molecule has 2 nitrogen and oxygen atoms in total. The van der Waals surface area contributed by atoms with Crippen molar-refractivity contribution in [1.82, 2.24) is 4.57 Å². The number of para-hydroxylation sites is 1. The number of anilines is 3. The van der Waals surface area contributed by atoms with Crippen LogP contribution in [0.15, 0.2) is 255 Å². The fraction of sp³-hybridized carbons (Fsp3) is 0.0154. The molecule has 1 spiro atoms. The Hall–Kier alpha value is -8.72. The minimum Gasteiger partial charge on any atom is -0.310 e. The zero-order chi connectivity index (χ0) is 44.1. The van der Waals surface area contributed by atoms with Crippen LogP contribution in [0.5, 0.6) is 0 Å². The SMILES string of the molecule is c1ccc(-c2ccc(N(c3ccc(-c4ccc5c6ccc7ccccc7c6n(-c6ccccc6)c5c4)cc3)c3ccc4c(c3)-c3ccccc3C43c4ccccc4-c4ccccc43)cc2)cc1.